The summed E-state index contributed by atoms with van der Waals surface area (Å²) < 4.78 is 5.72. The lowest BCUT2D eigenvalue weighted by Crippen LogP contribution is -2.38. The van der Waals surface area contributed by atoms with Crippen molar-refractivity contribution in [2.75, 3.05) is 0 Å². The molecule has 1 N–H and O–H groups in total. The first-order valence-electron chi connectivity index (χ1n) is 5.43. The van der Waals surface area contributed by atoms with Crippen molar-refractivity contribution in [3.8, 4) is 0 Å². The fraction of sp³-hybridized carbons (Fsp3) is 0.833. The zero-order valence-corrected chi connectivity index (χ0v) is 9.71. The van der Waals surface area contributed by atoms with Gasteiger partial charge >= 0.3 is 0 Å². The van der Waals surface area contributed by atoms with Gasteiger partial charge in [-0.25, -0.2) is 0 Å². The standard InChI is InChI=1S/C12H22O2/c1-5-11(2,3)10(13)14-12(4)8-6-7-9-12/h6,8,10,13H,5,7,9H2,1-4H3. The van der Waals surface area contributed by atoms with Crippen molar-refractivity contribution in [3.63, 3.8) is 0 Å². The maximum Gasteiger partial charge on any atom is 0.160 e. The highest BCUT2D eigenvalue weighted by Gasteiger charge is 2.34. The minimum Gasteiger partial charge on any atom is -0.367 e. The topological polar surface area (TPSA) is 29.5 Å². The van der Waals surface area contributed by atoms with E-state index in [1.54, 1.807) is 0 Å². The fourth-order valence-electron chi connectivity index (χ4n) is 1.47. The molecule has 2 nitrogen and oxygen atoms in total. The van der Waals surface area contributed by atoms with E-state index in [2.05, 4.69) is 19.1 Å². The Labute approximate surface area is 87.0 Å². The monoisotopic (exact) mass is 198 g/mol. The molecule has 0 bridgehead atoms. The van der Waals surface area contributed by atoms with Crippen molar-refractivity contribution in [3.05, 3.63) is 12.2 Å². The van der Waals surface area contributed by atoms with Crippen LogP contribution in [0.5, 0.6) is 0 Å². The predicted molar refractivity (Wildman–Crippen MR) is 57.9 cm³/mol. The summed E-state index contributed by atoms with van der Waals surface area (Å²) in [7, 11) is 0. The fourth-order valence-corrected chi connectivity index (χ4v) is 1.47. The van der Waals surface area contributed by atoms with E-state index in [1.807, 2.05) is 20.8 Å². The molecule has 0 aliphatic heterocycles. The van der Waals surface area contributed by atoms with E-state index >= 15 is 0 Å². The maximum atomic E-state index is 9.95. The SMILES string of the molecule is CCC(C)(C)C(O)OC1(C)C=CCC1. The van der Waals surface area contributed by atoms with Crippen LogP contribution in [-0.2, 0) is 4.74 Å². The van der Waals surface area contributed by atoms with Crippen molar-refractivity contribution >= 4 is 0 Å². The van der Waals surface area contributed by atoms with Crippen molar-refractivity contribution in [1.29, 1.82) is 0 Å². The number of ether oxygens (including phenoxy) is 1. The second-order valence-electron chi connectivity index (χ2n) is 5.07. The van der Waals surface area contributed by atoms with E-state index in [-0.39, 0.29) is 11.0 Å². The molecule has 14 heavy (non-hydrogen) atoms. The number of aliphatic hydroxyl groups excluding tert-OH is 1. The van der Waals surface area contributed by atoms with Crippen LogP contribution in [0.25, 0.3) is 0 Å². The van der Waals surface area contributed by atoms with Crippen LogP contribution in [0.3, 0.4) is 0 Å². The molecule has 0 spiro atoms. The summed E-state index contributed by atoms with van der Waals surface area (Å²) in [5, 5.41) is 9.95. The summed E-state index contributed by atoms with van der Waals surface area (Å²) in [6, 6.07) is 0. The molecule has 0 saturated carbocycles. The largest absolute Gasteiger partial charge is 0.367 e. The second kappa shape index (κ2) is 4.03. The molecule has 2 unspecified atom stereocenters. The highest BCUT2D eigenvalue weighted by atomic mass is 16.6. The first kappa shape index (κ1) is 11.7. The number of hydrogen-bond acceptors (Lipinski definition) is 2. The maximum absolute atomic E-state index is 9.95. The molecule has 0 radical (unpaired) electrons. The van der Waals surface area contributed by atoms with Gasteiger partial charge in [0.05, 0.1) is 5.60 Å². The summed E-state index contributed by atoms with van der Waals surface area (Å²) in [5.41, 5.74) is -0.425. The van der Waals surface area contributed by atoms with E-state index < -0.39 is 6.29 Å². The van der Waals surface area contributed by atoms with Gasteiger partial charge in [-0.1, -0.05) is 32.9 Å². The Bertz CT molecular complexity index is 220. The van der Waals surface area contributed by atoms with Gasteiger partial charge in [0.15, 0.2) is 6.29 Å². The first-order chi connectivity index (χ1) is 6.40. The van der Waals surface area contributed by atoms with E-state index in [0.717, 1.165) is 19.3 Å². The Kier molecular flexibility index (Phi) is 3.38. The second-order valence-corrected chi connectivity index (χ2v) is 5.07. The van der Waals surface area contributed by atoms with Crippen LogP contribution in [0, 0.1) is 5.41 Å². The molecule has 0 fully saturated rings. The van der Waals surface area contributed by atoms with E-state index in [0.29, 0.717) is 0 Å². The van der Waals surface area contributed by atoms with Crippen LogP contribution in [0.4, 0.5) is 0 Å². The minimum atomic E-state index is -0.680. The van der Waals surface area contributed by atoms with Gasteiger partial charge in [0.25, 0.3) is 0 Å². The molecule has 2 heteroatoms. The van der Waals surface area contributed by atoms with Crippen molar-refractivity contribution < 1.29 is 9.84 Å². The minimum absolute atomic E-state index is 0.167. The number of rotatable bonds is 4. The van der Waals surface area contributed by atoms with Crippen molar-refractivity contribution in [2.45, 2.75) is 58.8 Å². The average Bonchev–Trinajstić information content (AvgIpc) is 2.52. The van der Waals surface area contributed by atoms with Gasteiger partial charge in [-0.3, -0.25) is 0 Å². The number of aliphatic hydroxyl groups is 1. The summed E-state index contributed by atoms with van der Waals surface area (Å²) in [6.07, 6.45) is 6.43. The lowest BCUT2D eigenvalue weighted by atomic mass is 9.89. The summed E-state index contributed by atoms with van der Waals surface area (Å²) in [4.78, 5) is 0. The lowest BCUT2D eigenvalue weighted by Gasteiger charge is -2.35. The molecule has 2 atom stereocenters. The molecule has 0 amide bonds. The quantitative estimate of drug-likeness (QED) is 0.556. The van der Waals surface area contributed by atoms with E-state index in [4.69, 9.17) is 4.74 Å². The van der Waals surface area contributed by atoms with Crippen LogP contribution in [0.15, 0.2) is 12.2 Å². The summed E-state index contributed by atoms with van der Waals surface area (Å²) in [6.45, 7) is 8.16. The molecule has 0 aromatic heterocycles. The van der Waals surface area contributed by atoms with E-state index in [1.165, 1.54) is 0 Å². The average molecular weight is 198 g/mol. The molecule has 0 heterocycles. The molecular weight excluding hydrogens is 176 g/mol. The molecule has 82 valence electrons. The highest BCUT2D eigenvalue weighted by molar-refractivity contribution is 5.07. The smallest absolute Gasteiger partial charge is 0.160 e. The third-order valence-corrected chi connectivity index (χ3v) is 3.24. The molecule has 1 aliphatic rings. The molecule has 1 rings (SSSR count). The van der Waals surface area contributed by atoms with Gasteiger partial charge < -0.3 is 9.84 Å². The van der Waals surface area contributed by atoms with Gasteiger partial charge in [0.2, 0.25) is 0 Å². The van der Waals surface area contributed by atoms with Gasteiger partial charge in [0.1, 0.15) is 0 Å². The molecule has 1 aliphatic carbocycles. The number of hydrogen-bond donors (Lipinski definition) is 1. The summed E-state index contributed by atoms with van der Waals surface area (Å²) in [5.74, 6) is 0. The summed E-state index contributed by atoms with van der Waals surface area (Å²) >= 11 is 0. The molecule has 0 aromatic carbocycles. The molecular formula is C12H22O2. The van der Waals surface area contributed by atoms with Gasteiger partial charge in [-0.2, -0.15) is 0 Å². The number of allylic oxidation sites excluding steroid dienone is 1. The van der Waals surface area contributed by atoms with Gasteiger partial charge in [-0.15, -0.1) is 0 Å². The van der Waals surface area contributed by atoms with Gasteiger partial charge in [-0.05, 0) is 26.2 Å². The predicted octanol–water partition coefficient (Wildman–Crippen LogP) is 2.87. The van der Waals surface area contributed by atoms with Crippen LogP contribution in [0.1, 0.15) is 47.0 Å². The van der Waals surface area contributed by atoms with Crippen molar-refractivity contribution in [1.82, 2.24) is 0 Å². The Morgan fingerprint density at radius 2 is 2.21 bits per heavy atom. The third-order valence-electron chi connectivity index (χ3n) is 3.24. The zero-order chi connectivity index (χ0) is 10.8. The van der Waals surface area contributed by atoms with Crippen LogP contribution in [0.2, 0.25) is 0 Å². The van der Waals surface area contributed by atoms with E-state index in [9.17, 15) is 5.11 Å². The third kappa shape index (κ3) is 2.58. The molecule has 0 saturated heterocycles. The normalized spacial score (nSPS) is 29.5. The Morgan fingerprint density at radius 1 is 1.57 bits per heavy atom. The Morgan fingerprint density at radius 3 is 2.64 bits per heavy atom. The highest BCUT2D eigenvalue weighted by Crippen LogP contribution is 2.33. The lowest BCUT2D eigenvalue weighted by molar-refractivity contribution is -0.212. The van der Waals surface area contributed by atoms with Crippen LogP contribution in [-0.4, -0.2) is 17.0 Å². The van der Waals surface area contributed by atoms with Crippen molar-refractivity contribution in [2.24, 2.45) is 5.41 Å². The Balaban J connectivity index is 2.56. The van der Waals surface area contributed by atoms with Crippen LogP contribution < -0.4 is 0 Å². The zero-order valence-electron chi connectivity index (χ0n) is 9.71. The first-order valence-corrected chi connectivity index (χ1v) is 5.43. The molecule has 0 aromatic rings. The van der Waals surface area contributed by atoms with Gasteiger partial charge in [0, 0.05) is 5.41 Å². The van der Waals surface area contributed by atoms with Crippen LogP contribution >= 0.6 is 0 Å². The Hall–Kier alpha value is -0.340.